The summed E-state index contributed by atoms with van der Waals surface area (Å²) in [4.78, 5) is 13.9. The zero-order valence-corrected chi connectivity index (χ0v) is 12.7. The van der Waals surface area contributed by atoms with Crippen molar-refractivity contribution < 1.29 is 4.79 Å². The third kappa shape index (κ3) is 2.16. The van der Waals surface area contributed by atoms with E-state index in [0.29, 0.717) is 16.8 Å². The summed E-state index contributed by atoms with van der Waals surface area (Å²) >= 11 is 17.9. The molecular formula is C15H7Cl3N2O. The van der Waals surface area contributed by atoms with Crippen molar-refractivity contribution in [3.8, 4) is 6.07 Å². The summed E-state index contributed by atoms with van der Waals surface area (Å²) < 4.78 is 0. The number of anilines is 1. The zero-order chi connectivity index (χ0) is 15.1. The van der Waals surface area contributed by atoms with Crippen LogP contribution in [0, 0.1) is 11.3 Å². The van der Waals surface area contributed by atoms with Crippen LogP contribution in [0.4, 0.5) is 5.69 Å². The molecule has 0 N–H and O–H groups in total. The molecule has 0 saturated carbocycles. The van der Waals surface area contributed by atoms with Crippen LogP contribution in [0.25, 0.3) is 0 Å². The van der Waals surface area contributed by atoms with Gasteiger partial charge in [-0.15, -0.1) is 0 Å². The second-order valence-corrected chi connectivity index (χ2v) is 5.71. The lowest BCUT2D eigenvalue weighted by Crippen LogP contribution is -2.26. The van der Waals surface area contributed by atoms with Crippen molar-refractivity contribution in [1.29, 1.82) is 5.26 Å². The molecule has 0 bridgehead atoms. The molecule has 1 unspecified atom stereocenters. The van der Waals surface area contributed by atoms with E-state index in [9.17, 15) is 10.1 Å². The van der Waals surface area contributed by atoms with E-state index in [1.807, 2.05) is 0 Å². The molecule has 1 amide bonds. The number of halogens is 3. The average molecular weight is 338 g/mol. The average Bonchev–Trinajstić information content (AvgIpc) is 2.77. The van der Waals surface area contributed by atoms with E-state index >= 15 is 0 Å². The van der Waals surface area contributed by atoms with Crippen molar-refractivity contribution in [1.82, 2.24) is 0 Å². The van der Waals surface area contributed by atoms with Gasteiger partial charge in [0.05, 0.1) is 21.1 Å². The molecule has 0 aromatic heterocycles. The van der Waals surface area contributed by atoms with Gasteiger partial charge in [-0.1, -0.05) is 53.0 Å². The minimum atomic E-state index is -0.706. The van der Waals surface area contributed by atoms with Crippen LogP contribution in [0.3, 0.4) is 0 Å². The molecule has 3 rings (SSSR count). The van der Waals surface area contributed by atoms with Crippen LogP contribution in [-0.4, -0.2) is 5.91 Å². The maximum absolute atomic E-state index is 12.5. The molecule has 1 aliphatic rings. The first-order chi connectivity index (χ1) is 10.0. The van der Waals surface area contributed by atoms with E-state index in [4.69, 9.17) is 34.8 Å². The monoisotopic (exact) mass is 336 g/mol. The lowest BCUT2D eigenvalue weighted by molar-refractivity contribution is 0.0994. The summed E-state index contributed by atoms with van der Waals surface area (Å²) in [6.45, 7) is 0. The Hall–Kier alpha value is -1.73. The van der Waals surface area contributed by atoms with Crippen LogP contribution in [0.15, 0.2) is 36.4 Å². The fourth-order valence-electron chi connectivity index (χ4n) is 2.39. The number of benzene rings is 2. The minimum Gasteiger partial charge on any atom is -0.288 e. The van der Waals surface area contributed by atoms with Gasteiger partial charge in [0.2, 0.25) is 0 Å². The molecule has 1 heterocycles. The minimum absolute atomic E-state index is 0.222. The number of carbonyl (C=O) groups is 1. The SMILES string of the molecule is N#CC1c2ccccc2C(=O)N1c1cc(Cl)c(Cl)c(Cl)c1. The van der Waals surface area contributed by atoms with E-state index in [-0.39, 0.29) is 21.0 Å². The zero-order valence-electron chi connectivity index (χ0n) is 10.5. The van der Waals surface area contributed by atoms with E-state index < -0.39 is 6.04 Å². The molecule has 1 aliphatic heterocycles. The Morgan fingerprint density at radius 1 is 1.10 bits per heavy atom. The molecule has 0 fully saturated rings. The standard InChI is InChI=1S/C15H7Cl3N2O/c16-11-5-8(6-12(17)14(11)18)20-13(7-19)9-3-1-2-4-10(9)15(20)21/h1-6,13H. The predicted octanol–water partition coefficient (Wildman–Crippen LogP) is 4.87. The van der Waals surface area contributed by atoms with Gasteiger partial charge in [0.25, 0.3) is 5.91 Å². The topological polar surface area (TPSA) is 44.1 Å². The summed E-state index contributed by atoms with van der Waals surface area (Å²) in [7, 11) is 0. The van der Waals surface area contributed by atoms with Crippen LogP contribution in [-0.2, 0) is 0 Å². The van der Waals surface area contributed by atoms with Gasteiger partial charge in [-0.25, -0.2) is 0 Å². The number of carbonyl (C=O) groups excluding carboxylic acids is 1. The Kier molecular flexibility index (Phi) is 3.54. The summed E-state index contributed by atoms with van der Waals surface area (Å²) in [5, 5.41) is 10.1. The van der Waals surface area contributed by atoms with E-state index in [0.717, 1.165) is 0 Å². The van der Waals surface area contributed by atoms with Gasteiger partial charge in [0.1, 0.15) is 0 Å². The van der Waals surface area contributed by atoms with Crippen molar-refractivity contribution in [2.24, 2.45) is 0 Å². The third-order valence-corrected chi connectivity index (χ3v) is 4.53. The summed E-state index contributed by atoms with van der Waals surface area (Å²) in [6, 6.07) is 11.5. The highest BCUT2D eigenvalue weighted by atomic mass is 35.5. The normalized spacial score (nSPS) is 16.8. The highest BCUT2D eigenvalue weighted by Gasteiger charge is 2.37. The van der Waals surface area contributed by atoms with Crippen molar-refractivity contribution in [2.75, 3.05) is 4.90 Å². The van der Waals surface area contributed by atoms with E-state index in [1.165, 1.54) is 17.0 Å². The molecule has 0 radical (unpaired) electrons. The van der Waals surface area contributed by atoms with Crippen LogP contribution >= 0.6 is 34.8 Å². The molecule has 104 valence electrons. The molecular weight excluding hydrogens is 331 g/mol. The first kappa shape index (κ1) is 14.2. The number of hydrogen-bond acceptors (Lipinski definition) is 2. The quantitative estimate of drug-likeness (QED) is 0.697. The van der Waals surface area contributed by atoms with Crippen molar-refractivity contribution in [3.05, 3.63) is 62.6 Å². The number of rotatable bonds is 1. The van der Waals surface area contributed by atoms with Crippen molar-refractivity contribution in [3.63, 3.8) is 0 Å². The molecule has 0 aliphatic carbocycles. The van der Waals surface area contributed by atoms with E-state index in [1.54, 1.807) is 24.3 Å². The Balaban J connectivity index is 2.17. The van der Waals surface area contributed by atoms with Gasteiger partial charge in [0, 0.05) is 16.8 Å². The number of nitrogens with zero attached hydrogens (tertiary/aromatic N) is 2. The maximum Gasteiger partial charge on any atom is 0.260 e. The Morgan fingerprint density at radius 2 is 1.71 bits per heavy atom. The lowest BCUT2D eigenvalue weighted by atomic mass is 10.1. The molecule has 3 nitrogen and oxygen atoms in total. The fraction of sp³-hybridized carbons (Fsp3) is 0.0667. The first-order valence-electron chi connectivity index (χ1n) is 6.01. The summed E-state index contributed by atoms with van der Waals surface area (Å²) in [6.07, 6.45) is 0. The molecule has 0 saturated heterocycles. The van der Waals surface area contributed by atoms with E-state index in [2.05, 4.69) is 6.07 Å². The maximum atomic E-state index is 12.5. The van der Waals surface area contributed by atoms with Crippen molar-refractivity contribution in [2.45, 2.75) is 6.04 Å². The number of fused-ring (bicyclic) bond motifs is 1. The number of nitriles is 1. The summed E-state index contributed by atoms with van der Waals surface area (Å²) in [5.41, 5.74) is 1.63. The molecule has 2 aromatic carbocycles. The van der Waals surface area contributed by atoms with Crippen LogP contribution in [0.2, 0.25) is 15.1 Å². The highest BCUT2D eigenvalue weighted by molar-refractivity contribution is 6.48. The summed E-state index contributed by atoms with van der Waals surface area (Å²) in [5.74, 6) is -0.258. The number of hydrogen-bond donors (Lipinski definition) is 0. The van der Waals surface area contributed by atoms with Crippen LogP contribution in [0.1, 0.15) is 22.0 Å². The van der Waals surface area contributed by atoms with Crippen molar-refractivity contribution >= 4 is 46.4 Å². The van der Waals surface area contributed by atoms with Gasteiger partial charge in [-0.3, -0.25) is 9.69 Å². The molecule has 21 heavy (non-hydrogen) atoms. The molecule has 1 atom stereocenters. The molecule has 0 spiro atoms. The van der Waals surface area contributed by atoms with Gasteiger partial charge in [0.15, 0.2) is 6.04 Å². The van der Waals surface area contributed by atoms with Crippen LogP contribution in [0.5, 0.6) is 0 Å². The molecule has 6 heteroatoms. The van der Waals surface area contributed by atoms with Gasteiger partial charge < -0.3 is 0 Å². The first-order valence-corrected chi connectivity index (χ1v) is 7.14. The van der Waals surface area contributed by atoms with Crippen LogP contribution < -0.4 is 4.90 Å². The highest BCUT2D eigenvalue weighted by Crippen LogP contribution is 2.41. The Bertz CT molecular complexity index is 775. The predicted molar refractivity (Wildman–Crippen MR) is 83.1 cm³/mol. The Morgan fingerprint density at radius 3 is 2.33 bits per heavy atom. The number of amides is 1. The molecule has 2 aromatic rings. The van der Waals surface area contributed by atoms with Gasteiger partial charge in [-0.2, -0.15) is 5.26 Å². The fourth-order valence-corrected chi connectivity index (χ4v) is 2.98. The Labute approximate surface area is 136 Å². The largest absolute Gasteiger partial charge is 0.288 e. The lowest BCUT2D eigenvalue weighted by Gasteiger charge is -2.21. The van der Waals surface area contributed by atoms with Gasteiger partial charge >= 0.3 is 0 Å². The second-order valence-electron chi connectivity index (χ2n) is 4.52. The third-order valence-electron chi connectivity index (χ3n) is 3.33. The second kappa shape index (κ2) is 5.23. The van der Waals surface area contributed by atoms with Gasteiger partial charge in [-0.05, 0) is 18.2 Å². The smallest absolute Gasteiger partial charge is 0.260 e.